The zero-order valence-corrected chi connectivity index (χ0v) is 19.3. The number of carbonyl (C=O) groups is 1. The van der Waals surface area contributed by atoms with Crippen LogP contribution in [0.15, 0.2) is 30.5 Å². The Morgan fingerprint density at radius 2 is 1.77 bits per heavy atom. The van der Waals surface area contributed by atoms with Gasteiger partial charge in [-0.2, -0.15) is 0 Å². The molecule has 0 spiro atoms. The van der Waals surface area contributed by atoms with E-state index >= 15 is 0 Å². The average Bonchev–Trinajstić information content (AvgIpc) is 3.06. The lowest BCUT2D eigenvalue weighted by Gasteiger charge is -2.36. The summed E-state index contributed by atoms with van der Waals surface area (Å²) in [6.45, 7) is 11.2. The summed E-state index contributed by atoms with van der Waals surface area (Å²) in [5, 5.41) is 11.4. The summed E-state index contributed by atoms with van der Waals surface area (Å²) in [7, 11) is 0. The molecule has 2 aromatic rings. The highest BCUT2D eigenvalue weighted by molar-refractivity contribution is 6.30. The number of aryl methyl sites for hydroxylation is 2. The lowest BCUT2D eigenvalue weighted by Crippen LogP contribution is -2.47. The van der Waals surface area contributed by atoms with Crippen molar-refractivity contribution in [3.63, 3.8) is 0 Å². The Labute approximate surface area is 190 Å². The summed E-state index contributed by atoms with van der Waals surface area (Å²) in [4.78, 5) is 20.0. The second kappa shape index (κ2) is 9.63. The van der Waals surface area contributed by atoms with Crippen molar-refractivity contribution < 1.29 is 9.90 Å². The summed E-state index contributed by atoms with van der Waals surface area (Å²) < 4.78 is 2.02. The van der Waals surface area contributed by atoms with Crippen LogP contribution >= 0.6 is 11.6 Å². The maximum Gasteiger partial charge on any atom is 0.256 e. The molecule has 31 heavy (non-hydrogen) atoms. The van der Waals surface area contributed by atoms with Crippen molar-refractivity contribution >= 4 is 23.2 Å². The lowest BCUT2D eigenvalue weighted by molar-refractivity contribution is 0.0737. The minimum Gasteiger partial charge on any atom is -0.387 e. The number of anilines is 1. The van der Waals surface area contributed by atoms with Crippen molar-refractivity contribution in [1.82, 2.24) is 14.4 Å². The van der Waals surface area contributed by atoms with Crippen LogP contribution in [0.25, 0.3) is 0 Å². The van der Waals surface area contributed by atoms with Crippen LogP contribution < -0.4 is 4.90 Å². The van der Waals surface area contributed by atoms with Crippen LogP contribution in [0.2, 0.25) is 5.02 Å². The van der Waals surface area contributed by atoms with Crippen LogP contribution in [-0.4, -0.2) is 71.2 Å². The molecule has 1 N–H and O–H groups in total. The van der Waals surface area contributed by atoms with Gasteiger partial charge in [0.15, 0.2) is 0 Å². The molecule has 4 rings (SSSR count). The van der Waals surface area contributed by atoms with Gasteiger partial charge in [0.1, 0.15) is 0 Å². The number of carbonyl (C=O) groups excluding carboxylic acids is 1. The molecule has 1 saturated heterocycles. The molecular weight excluding hydrogens is 412 g/mol. The van der Waals surface area contributed by atoms with Crippen molar-refractivity contribution in [2.24, 2.45) is 0 Å². The van der Waals surface area contributed by atoms with E-state index in [1.54, 1.807) is 0 Å². The maximum atomic E-state index is 13.2. The zero-order valence-electron chi connectivity index (χ0n) is 18.6. The van der Waals surface area contributed by atoms with E-state index in [-0.39, 0.29) is 5.91 Å². The molecule has 0 radical (unpaired) electrons. The number of aliphatic hydroxyl groups is 1. The summed E-state index contributed by atoms with van der Waals surface area (Å²) in [5.41, 5.74) is 3.70. The smallest absolute Gasteiger partial charge is 0.256 e. The third-order valence-corrected chi connectivity index (χ3v) is 6.86. The molecular formula is C24H33ClN4O2. The fourth-order valence-electron chi connectivity index (χ4n) is 4.87. The normalized spacial score (nSPS) is 20.1. The number of halogens is 1. The number of fused-ring (bicyclic) bond motifs is 1. The fourth-order valence-corrected chi connectivity index (χ4v) is 4.99. The molecule has 1 aromatic carbocycles. The van der Waals surface area contributed by atoms with Gasteiger partial charge < -0.3 is 19.5 Å². The minimum atomic E-state index is -0.571. The number of rotatable bonds is 6. The number of aliphatic hydroxyl groups excluding tert-OH is 1. The number of aromatic nitrogens is 1. The molecule has 1 fully saturated rings. The van der Waals surface area contributed by atoms with Gasteiger partial charge in [0.05, 0.1) is 17.4 Å². The SMILES string of the molecule is CCn1cc(C)c2c1C(O)CCN(CCCN1CCN(c3ccc(Cl)cc3)CC1)C2=O. The van der Waals surface area contributed by atoms with Crippen molar-refractivity contribution in [3.8, 4) is 0 Å². The second-order valence-corrected chi connectivity index (χ2v) is 9.05. The lowest BCUT2D eigenvalue weighted by atomic mass is 10.1. The van der Waals surface area contributed by atoms with Gasteiger partial charge in [-0.3, -0.25) is 9.69 Å². The molecule has 1 amide bonds. The highest BCUT2D eigenvalue weighted by Gasteiger charge is 2.31. The van der Waals surface area contributed by atoms with Crippen LogP contribution in [0.1, 0.15) is 47.5 Å². The first-order chi connectivity index (χ1) is 15.0. The van der Waals surface area contributed by atoms with E-state index in [9.17, 15) is 9.90 Å². The van der Waals surface area contributed by atoms with E-state index in [4.69, 9.17) is 11.6 Å². The average molecular weight is 445 g/mol. The monoisotopic (exact) mass is 444 g/mol. The number of hydrogen-bond acceptors (Lipinski definition) is 4. The number of nitrogens with zero attached hydrogens (tertiary/aromatic N) is 4. The van der Waals surface area contributed by atoms with Crippen LogP contribution in [-0.2, 0) is 6.54 Å². The van der Waals surface area contributed by atoms with E-state index < -0.39 is 6.10 Å². The summed E-state index contributed by atoms with van der Waals surface area (Å²) in [6, 6.07) is 8.05. The van der Waals surface area contributed by atoms with E-state index in [2.05, 4.69) is 21.9 Å². The Balaban J connectivity index is 1.29. The van der Waals surface area contributed by atoms with Crippen molar-refractivity contribution in [2.45, 2.75) is 39.3 Å². The van der Waals surface area contributed by atoms with Gasteiger partial charge in [-0.05, 0) is 63.1 Å². The maximum absolute atomic E-state index is 13.2. The molecule has 0 aliphatic carbocycles. The third-order valence-electron chi connectivity index (χ3n) is 6.61. The van der Waals surface area contributed by atoms with Crippen molar-refractivity contribution in [3.05, 3.63) is 52.3 Å². The van der Waals surface area contributed by atoms with Crippen molar-refractivity contribution in [2.75, 3.05) is 50.7 Å². The van der Waals surface area contributed by atoms with Crippen LogP contribution in [0, 0.1) is 6.92 Å². The van der Waals surface area contributed by atoms with E-state index in [1.807, 2.05) is 41.6 Å². The van der Waals surface area contributed by atoms with Crippen LogP contribution in [0.3, 0.4) is 0 Å². The van der Waals surface area contributed by atoms with E-state index in [1.165, 1.54) is 5.69 Å². The summed E-state index contributed by atoms with van der Waals surface area (Å²) >= 11 is 6.00. The molecule has 0 bridgehead atoms. The van der Waals surface area contributed by atoms with E-state index in [0.717, 1.165) is 68.5 Å². The first-order valence-electron chi connectivity index (χ1n) is 11.4. The summed E-state index contributed by atoms with van der Waals surface area (Å²) in [5.74, 6) is 0.0730. The molecule has 3 heterocycles. The standard InChI is InChI=1S/C24H33ClN4O2/c1-3-27-17-18(2)22-23(27)21(30)9-12-29(24(22)31)11-4-10-26-13-15-28(16-14-26)20-7-5-19(25)6-8-20/h5-8,17,21,30H,3-4,9-16H2,1-2H3. The number of hydrogen-bond donors (Lipinski definition) is 1. The molecule has 1 aromatic heterocycles. The van der Waals surface area contributed by atoms with E-state index in [0.29, 0.717) is 18.5 Å². The Morgan fingerprint density at radius 3 is 2.45 bits per heavy atom. The molecule has 6 nitrogen and oxygen atoms in total. The number of piperazine rings is 1. The topological polar surface area (TPSA) is 52.0 Å². The van der Waals surface area contributed by atoms with Crippen LogP contribution in [0.5, 0.6) is 0 Å². The largest absolute Gasteiger partial charge is 0.387 e. The van der Waals surface area contributed by atoms with Gasteiger partial charge in [0.25, 0.3) is 5.91 Å². The molecule has 168 valence electrons. The zero-order chi connectivity index (χ0) is 22.0. The summed E-state index contributed by atoms with van der Waals surface area (Å²) in [6.07, 6.45) is 2.97. The Hall–Kier alpha value is -2.02. The van der Waals surface area contributed by atoms with Crippen molar-refractivity contribution in [1.29, 1.82) is 0 Å². The molecule has 2 aliphatic heterocycles. The van der Waals surface area contributed by atoms with Gasteiger partial charge in [-0.25, -0.2) is 0 Å². The van der Waals surface area contributed by atoms with Crippen LogP contribution in [0.4, 0.5) is 5.69 Å². The third kappa shape index (κ3) is 4.76. The minimum absolute atomic E-state index is 0.0730. The first-order valence-corrected chi connectivity index (χ1v) is 11.8. The number of benzene rings is 1. The predicted molar refractivity (Wildman–Crippen MR) is 125 cm³/mol. The quantitative estimate of drug-likeness (QED) is 0.740. The van der Waals surface area contributed by atoms with Gasteiger partial charge in [0, 0.05) is 62.7 Å². The van der Waals surface area contributed by atoms with Gasteiger partial charge >= 0.3 is 0 Å². The first kappa shape index (κ1) is 22.2. The molecule has 2 aliphatic rings. The Morgan fingerprint density at radius 1 is 1.06 bits per heavy atom. The molecule has 7 heteroatoms. The van der Waals surface area contributed by atoms with Gasteiger partial charge in [-0.1, -0.05) is 11.6 Å². The highest BCUT2D eigenvalue weighted by Crippen LogP contribution is 2.30. The number of amides is 1. The molecule has 0 saturated carbocycles. The second-order valence-electron chi connectivity index (χ2n) is 8.61. The van der Waals surface area contributed by atoms with Gasteiger partial charge in [-0.15, -0.1) is 0 Å². The molecule has 1 unspecified atom stereocenters. The molecule has 1 atom stereocenters. The fraction of sp³-hybridized carbons (Fsp3) is 0.542. The predicted octanol–water partition coefficient (Wildman–Crippen LogP) is 3.56. The Bertz CT molecular complexity index is 903. The Kier molecular flexibility index (Phi) is 6.89. The highest BCUT2D eigenvalue weighted by atomic mass is 35.5. The van der Waals surface area contributed by atoms with Gasteiger partial charge in [0.2, 0.25) is 0 Å².